The molecule has 4 aliphatic rings. The highest BCUT2D eigenvalue weighted by molar-refractivity contribution is 6.30. The number of ketones is 1. The molecule has 7 rings (SSSR count). The fourth-order valence-electron chi connectivity index (χ4n) is 9.55. The number of aryl methyl sites for hydroxylation is 1. The Bertz CT molecular complexity index is 2120. The molecular formula is C47H57ClN6O7. The van der Waals surface area contributed by atoms with Crippen molar-refractivity contribution in [3.8, 4) is 0 Å². The van der Waals surface area contributed by atoms with Crippen LogP contribution in [-0.2, 0) is 25.6 Å². The van der Waals surface area contributed by atoms with Gasteiger partial charge in [0.05, 0.1) is 28.8 Å². The van der Waals surface area contributed by atoms with E-state index in [2.05, 4.69) is 27.1 Å². The van der Waals surface area contributed by atoms with Crippen LogP contribution in [-0.4, -0.2) is 92.4 Å². The molecule has 14 heteroatoms. The highest BCUT2D eigenvalue weighted by atomic mass is 35.5. The first-order chi connectivity index (χ1) is 29.5. The van der Waals surface area contributed by atoms with Gasteiger partial charge in [-0.15, -0.1) is 0 Å². The predicted octanol–water partition coefficient (Wildman–Crippen LogP) is 7.00. The van der Waals surface area contributed by atoms with Gasteiger partial charge in [0.1, 0.15) is 24.0 Å². The first-order valence-corrected chi connectivity index (χ1v) is 22.6. The first kappa shape index (κ1) is 44.1. The number of carbonyl (C=O) groups is 6. The number of aliphatic hydroxyl groups excluding tert-OH is 1. The van der Waals surface area contributed by atoms with Crippen LogP contribution in [0, 0.1) is 0 Å². The molecule has 4 heterocycles. The monoisotopic (exact) mass is 852 g/mol. The summed E-state index contributed by atoms with van der Waals surface area (Å²) in [7, 11) is 0. The van der Waals surface area contributed by atoms with E-state index in [1.165, 1.54) is 6.33 Å². The number of nitrogens with one attached hydrogen (secondary N) is 1. The Morgan fingerprint density at radius 3 is 2.26 bits per heavy atom. The maximum absolute atomic E-state index is 14.0. The lowest BCUT2D eigenvalue weighted by atomic mass is 9.91. The van der Waals surface area contributed by atoms with Gasteiger partial charge in [-0.3, -0.25) is 39.0 Å². The van der Waals surface area contributed by atoms with Gasteiger partial charge in [0.2, 0.25) is 17.7 Å². The van der Waals surface area contributed by atoms with E-state index in [1.54, 1.807) is 12.1 Å². The quantitative estimate of drug-likeness (QED) is 0.0946. The summed E-state index contributed by atoms with van der Waals surface area (Å²) in [5.74, 6) is -0.850. The van der Waals surface area contributed by atoms with Crippen LogP contribution in [0.15, 0.2) is 48.8 Å². The van der Waals surface area contributed by atoms with E-state index < -0.39 is 35.8 Å². The molecule has 3 aromatic rings. The van der Waals surface area contributed by atoms with Crippen LogP contribution in [0.2, 0.25) is 5.02 Å². The lowest BCUT2D eigenvalue weighted by Gasteiger charge is -2.38. The number of rotatable bonds is 19. The number of hydrogen-bond acceptors (Lipinski definition) is 10. The third-order valence-corrected chi connectivity index (χ3v) is 13.1. The van der Waals surface area contributed by atoms with Crippen molar-refractivity contribution in [3.05, 3.63) is 87.3 Å². The Hall–Kier alpha value is -5.01. The molecule has 2 N–H and O–H groups in total. The fourth-order valence-corrected chi connectivity index (χ4v) is 9.68. The van der Waals surface area contributed by atoms with Crippen LogP contribution in [0.4, 0.5) is 5.82 Å². The van der Waals surface area contributed by atoms with Gasteiger partial charge in [0.15, 0.2) is 0 Å². The molecule has 0 bridgehead atoms. The van der Waals surface area contributed by atoms with E-state index >= 15 is 0 Å². The molecule has 1 unspecified atom stereocenters. The van der Waals surface area contributed by atoms with E-state index in [-0.39, 0.29) is 36.4 Å². The second-order valence-electron chi connectivity index (χ2n) is 17.1. The Balaban J connectivity index is 0.782. The molecule has 13 nitrogen and oxygen atoms in total. The number of Topliss-reactive ketones (excluding diaryl/α,β-unsaturated/α-hetero) is 1. The number of hydrogen-bond donors (Lipinski definition) is 2. The Kier molecular flexibility index (Phi) is 14.6. The van der Waals surface area contributed by atoms with Crippen LogP contribution in [0.25, 0.3) is 0 Å². The van der Waals surface area contributed by atoms with Gasteiger partial charge in [-0.05, 0) is 80.2 Å². The van der Waals surface area contributed by atoms with Crippen molar-refractivity contribution in [2.75, 3.05) is 31.1 Å². The number of fused-ring (bicyclic) bond motifs is 2. The summed E-state index contributed by atoms with van der Waals surface area (Å²) in [5.41, 5.74) is 4.18. The molecule has 2 aromatic carbocycles. The highest BCUT2D eigenvalue weighted by Gasteiger charge is 2.45. The first-order valence-electron chi connectivity index (χ1n) is 22.2. The molecular weight excluding hydrogens is 796 g/mol. The van der Waals surface area contributed by atoms with Gasteiger partial charge in [0, 0.05) is 56.0 Å². The second kappa shape index (κ2) is 20.2. The van der Waals surface area contributed by atoms with Crippen molar-refractivity contribution in [3.63, 3.8) is 0 Å². The zero-order chi connectivity index (χ0) is 43.0. The number of aromatic nitrogens is 2. The van der Waals surface area contributed by atoms with Crippen molar-refractivity contribution in [2.45, 2.75) is 134 Å². The molecule has 5 amide bonds. The molecule has 3 aliphatic heterocycles. The van der Waals surface area contributed by atoms with E-state index in [0.717, 1.165) is 90.9 Å². The summed E-state index contributed by atoms with van der Waals surface area (Å²) in [6.07, 6.45) is 12.6. The summed E-state index contributed by atoms with van der Waals surface area (Å²) < 4.78 is 0. The van der Waals surface area contributed by atoms with Crippen LogP contribution in [0.1, 0.15) is 164 Å². The van der Waals surface area contributed by atoms with Crippen molar-refractivity contribution < 1.29 is 33.9 Å². The van der Waals surface area contributed by atoms with Gasteiger partial charge in [-0.1, -0.05) is 81.3 Å². The number of piperazine rings is 1. The summed E-state index contributed by atoms with van der Waals surface area (Å²) in [4.78, 5) is 91.4. The topological polar surface area (TPSA) is 170 Å². The number of amides is 5. The number of piperidine rings is 1. The van der Waals surface area contributed by atoms with Gasteiger partial charge in [0.25, 0.3) is 11.8 Å². The van der Waals surface area contributed by atoms with Gasteiger partial charge in [-0.25, -0.2) is 9.97 Å². The van der Waals surface area contributed by atoms with Crippen molar-refractivity contribution in [1.29, 1.82) is 0 Å². The molecule has 61 heavy (non-hydrogen) atoms. The molecule has 1 aliphatic carbocycles. The van der Waals surface area contributed by atoms with E-state index in [9.17, 15) is 33.9 Å². The van der Waals surface area contributed by atoms with E-state index in [1.807, 2.05) is 35.2 Å². The minimum atomic E-state index is -0.969. The molecule has 2 fully saturated rings. The largest absolute Gasteiger partial charge is 0.387 e. The zero-order valence-electron chi connectivity index (χ0n) is 35.1. The maximum Gasteiger partial charge on any atom is 0.262 e. The number of anilines is 1. The molecule has 0 spiro atoms. The van der Waals surface area contributed by atoms with Crippen molar-refractivity contribution >= 4 is 52.7 Å². The van der Waals surface area contributed by atoms with Crippen molar-refractivity contribution in [2.24, 2.45) is 0 Å². The number of nitrogens with zero attached hydrogens (tertiary/aromatic N) is 5. The summed E-state index contributed by atoms with van der Waals surface area (Å²) in [5, 5.41) is 13.3. The summed E-state index contributed by atoms with van der Waals surface area (Å²) >= 11 is 6.20. The average molecular weight is 853 g/mol. The van der Waals surface area contributed by atoms with Crippen LogP contribution in [0.5, 0.6) is 0 Å². The minimum absolute atomic E-state index is 0.0904. The fraction of sp³-hybridized carbons (Fsp3) is 0.532. The lowest BCUT2D eigenvalue weighted by Crippen LogP contribution is -2.54. The number of benzene rings is 2. The van der Waals surface area contributed by atoms with Gasteiger partial charge < -0.3 is 14.9 Å². The summed E-state index contributed by atoms with van der Waals surface area (Å²) in [6.45, 7) is 4.55. The molecule has 4 atom stereocenters. The third kappa shape index (κ3) is 10.2. The summed E-state index contributed by atoms with van der Waals surface area (Å²) in [6, 6.07) is 11.8. The zero-order valence-corrected chi connectivity index (χ0v) is 35.8. The third-order valence-electron chi connectivity index (χ3n) is 12.9. The predicted molar refractivity (Wildman–Crippen MR) is 230 cm³/mol. The Morgan fingerprint density at radius 2 is 1.54 bits per heavy atom. The number of imide groups is 2. The van der Waals surface area contributed by atoms with Crippen LogP contribution >= 0.6 is 11.6 Å². The number of carbonyl (C=O) groups excluding carboxylic acids is 6. The number of unbranched alkanes of at least 4 members (excludes halogenated alkanes) is 7. The van der Waals surface area contributed by atoms with Crippen molar-refractivity contribution in [1.82, 2.24) is 25.1 Å². The van der Waals surface area contributed by atoms with E-state index in [4.69, 9.17) is 11.6 Å². The van der Waals surface area contributed by atoms with Crippen LogP contribution in [0.3, 0.4) is 0 Å². The molecule has 0 radical (unpaired) electrons. The number of aliphatic hydroxyl groups is 1. The SMILES string of the molecule is C[C@@H]1C[C@@H](O)c2ncnc(N3CCN(C(=O)[C@H](CCCCC(=O)CCCCCCCCCc4cccc5c4C(=O)N(C4CCC(=O)NC4=O)C5=O)c4ccc(Cl)cc4)CC3)c21. The van der Waals surface area contributed by atoms with Gasteiger partial charge >= 0.3 is 0 Å². The Labute approximate surface area is 362 Å². The Morgan fingerprint density at radius 1 is 0.852 bits per heavy atom. The standard InChI is InChI=1S/C47H57ClN6O7/c1-30-28-38(56)42-40(30)43(50-29-49-42)52-24-26-53(27-25-52)45(59)35(31-18-20-33(48)21-19-31)16-10-9-15-34(55)14-8-6-4-2-3-5-7-12-32-13-11-17-36-41(32)47(61)54(46(36)60)37-22-23-39(57)51-44(37)58/h11,13,17-21,29-30,35,37-38,56H,2-10,12,14-16,22-28H2,1H3,(H,51,57,58)/t30-,35-,37?,38-/m1/s1. The maximum atomic E-state index is 14.0. The smallest absolute Gasteiger partial charge is 0.262 e. The van der Waals surface area contributed by atoms with Crippen LogP contribution < -0.4 is 10.2 Å². The second-order valence-corrected chi connectivity index (χ2v) is 17.5. The van der Waals surface area contributed by atoms with Gasteiger partial charge in [-0.2, -0.15) is 0 Å². The average Bonchev–Trinajstić information content (AvgIpc) is 3.70. The molecule has 1 aromatic heterocycles. The number of halogens is 1. The lowest BCUT2D eigenvalue weighted by molar-refractivity contribution is -0.136. The molecule has 324 valence electrons. The van der Waals surface area contributed by atoms with E-state index in [0.29, 0.717) is 74.4 Å². The minimum Gasteiger partial charge on any atom is -0.387 e. The normalized spacial score (nSPS) is 20.5. The molecule has 0 saturated carbocycles. The highest BCUT2D eigenvalue weighted by Crippen LogP contribution is 2.43. The molecule has 2 saturated heterocycles.